The van der Waals surface area contributed by atoms with Gasteiger partial charge in [0.2, 0.25) is 0 Å². The number of benzene rings is 1. The maximum absolute atomic E-state index is 12.9. The van der Waals surface area contributed by atoms with Crippen LogP contribution in [0, 0.1) is 12.7 Å². The maximum atomic E-state index is 12.9. The monoisotopic (exact) mass is 297 g/mol. The van der Waals surface area contributed by atoms with Gasteiger partial charge in [0.15, 0.2) is 0 Å². The van der Waals surface area contributed by atoms with Crippen LogP contribution < -0.4 is 5.32 Å². The molecule has 1 heterocycles. The fourth-order valence-electron chi connectivity index (χ4n) is 2.04. The molecule has 1 aromatic carbocycles. The summed E-state index contributed by atoms with van der Waals surface area (Å²) in [5.74, 6) is -0.200. The quantitative estimate of drug-likeness (QED) is 0.840. The molecule has 1 aromatic heterocycles. The molecule has 0 fully saturated rings. The molecule has 0 saturated carbocycles. The zero-order chi connectivity index (χ0) is 13.8. The fourth-order valence-corrected chi connectivity index (χ4v) is 3.45. The molecule has 2 aromatic rings. The zero-order valence-electron chi connectivity index (χ0n) is 11.0. The van der Waals surface area contributed by atoms with Crippen molar-refractivity contribution < 1.29 is 4.39 Å². The third-order valence-electron chi connectivity index (χ3n) is 3.05. The van der Waals surface area contributed by atoms with Crippen molar-refractivity contribution in [2.45, 2.75) is 26.3 Å². The maximum Gasteiger partial charge on any atom is 0.123 e. The minimum Gasteiger partial charge on any atom is -0.309 e. The molecule has 0 aliphatic heterocycles. The van der Waals surface area contributed by atoms with Crippen LogP contribution in [0.4, 0.5) is 4.39 Å². The van der Waals surface area contributed by atoms with E-state index < -0.39 is 0 Å². The zero-order valence-corrected chi connectivity index (χ0v) is 12.6. The van der Waals surface area contributed by atoms with Crippen molar-refractivity contribution in [3.63, 3.8) is 0 Å². The van der Waals surface area contributed by atoms with Crippen LogP contribution in [0.2, 0.25) is 5.02 Å². The Morgan fingerprint density at radius 2 is 2.00 bits per heavy atom. The summed E-state index contributed by atoms with van der Waals surface area (Å²) in [5.41, 5.74) is 2.22. The Morgan fingerprint density at radius 3 is 2.53 bits per heavy atom. The lowest BCUT2D eigenvalue weighted by molar-refractivity contribution is 0.557. The van der Waals surface area contributed by atoms with Gasteiger partial charge in [-0.25, -0.2) is 4.39 Å². The number of rotatable bonds is 5. The average molecular weight is 298 g/mol. The number of aryl methyl sites for hydroxylation is 1. The molecule has 0 radical (unpaired) electrons. The summed E-state index contributed by atoms with van der Waals surface area (Å²) < 4.78 is 12.9. The van der Waals surface area contributed by atoms with E-state index in [0.717, 1.165) is 34.0 Å². The van der Waals surface area contributed by atoms with Crippen molar-refractivity contribution in [1.82, 2.24) is 5.32 Å². The third-order valence-corrected chi connectivity index (χ3v) is 4.87. The SMILES string of the molecule is CCNC(Cc1ccc(F)cc1)c1scc(C)c1Cl. The fraction of sp³-hybridized carbons (Fsp3) is 0.333. The van der Waals surface area contributed by atoms with Gasteiger partial charge in [-0.2, -0.15) is 0 Å². The Bertz CT molecular complexity index is 536. The summed E-state index contributed by atoms with van der Waals surface area (Å²) in [6, 6.07) is 6.84. The van der Waals surface area contributed by atoms with E-state index in [4.69, 9.17) is 11.6 Å². The van der Waals surface area contributed by atoms with E-state index in [2.05, 4.69) is 17.6 Å². The molecule has 0 amide bonds. The first-order valence-electron chi connectivity index (χ1n) is 6.33. The molecule has 1 N–H and O–H groups in total. The Kier molecular flexibility index (Phi) is 4.97. The van der Waals surface area contributed by atoms with Crippen molar-refractivity contribution in [2.24, 2.45) is 0 Å². The van der Waals surface area contributed by atoms with Crippen LogP contribution in [0.15, 0.2) is 29.6 Å². The summed E-state index contributed by atoms with van der Waals surface area (Å²) in [6.45, 7) is 4.97. The van der Waals surface area contributed by atoms with Gasteiger partial charge in [-0.05, 0) is 48.5 Å². The Morgan fingerprint density at radius 1 is 1.32 bits per heavy atom. The van der Waals surface area contributed by atoms with Crippen LogP contribution in [-0.2, 0) is 6.42 Å². The van der Waals surface area contributed by atoms with Gasteiger partial charge in [-0.15, -0.1) is 11.3 Å². The highest BCUT2D eigenvalue weighted by Gasteiger charge is 2.17. The molecule has 1 nitrogen and oxygen atoms in total. The van der Waals surface area contributed by atoms with Crippen LogP contribution in [-0.4, -0.2) is 6.54 Å². The molecular formula is C15H17ClFNS. The third kappa shape index (κ3) is 3.56. The van der Waals surface area contributed by atoms with Crippen LogP contribution in [0.3, 0.4) is 0 Å². The van der Waals surface area contributed by atoms with Crippen LogP contribution in [0.1, 0.15) is 29.0 Å². The second-order valence-electron chi connectivity index (χ2n) is 4.54. The average Bonchev–Trinajstić information content (AvgIpc) is 2.72. The predicted octanol–water partition coefficient (Wildman–Crippen LogP) is 4.74. The molecule has 0 spiro atoms. The first kappa shape index (κ1) is 14.5. The van der Waals surface area contributed by atoms with Crippen molar-refractivity contribution in [1.29, 1.82) is 0 Å². The molecule has 0 aliphatic carbocycles. The van der Waals surface area contributed by atoms with Gasteiger partial charge in [0, 0.05) is 10.9 Å². The molecule has 4 heteroatoms. The number of hydrogen-bond acceptors (Lipinski definition) is 2. The minimum absolute atomic E-state index is 0.182. The summed E-state index contributed by atoms with van der Waals surface area (Å²) in [6.07, 6.45) is 0.813. The molecule has 2 rings (SSSR count). The van der Waals surface area contributed by atoms with Crippen molar-refractivity contribution in [3.8, 4) is 0 Å². The first-order chi connectivity index (χ1) is 9.11. The second-order valence-corrected chi connectivity index (χ2v) is 5.83. The lowest BCUT2D eigenvalue weighted by atomic mass is 10.0. The Hall–Kier alpha value is -0.900. The van der Waals surface area contributed by atoms with Crippen molar-refractivity contribution >= 4 is 22.9 Å². The molecule has 19 heavy (non-hydrogen) atoms. The summed E-state index contributed by atoms with van der Waals surface area (Å²) in [5, 5.41) is 6.37. The van der Waals surface area contributed by atoms with E-state index in [-0.39, 0.29) is 11.9 Å². The van der Waals surface area contributed by atoms with E-state index in [9.17, 15) is 4.39 Å². The smallest absolute Gasteiger partial charge is 0.123 e. The Labute approximate surface area is 122 Å². The van der Waals surface area contributed by atoms with E-state index in [1.54, 1.807) is 11.3 Å². The van der Waals surface area contributed by atoms with Crippen molar-refractivity contribution in [3.05, 3.63) is 56.5 Å². The number of halogens is 2. The largest absolute Gasteiger partial charge is 0.309 e. The number of thiophene rings is 1. The van der Waals surface area contributed by atoms with Crippen molar-refractivity contribution in [2.75, 3.05) is 6.54 Å². The molecular weight excluding hydrogens is 281 g/mol. The molecule has 0 bridgehead atoms. The molecule has 102 valence electrons. The van der Waals surface area contributed by atoms with Gasteiger partial charge in [-0.1, -0.05) is 30.7 Å². The lowest BCUT2D eigenvalue weighted by Gasteiger charge is -2.17. The van der Waals surface area contributed by atoms with E-state index >= 15 is 0 Å². The highest BCUT2D eigenvalue weighted by Crippen LogP contribution is 2.34. The molecule has 0 aliphatic rings. The topological polar surface area (TPSA) is 12.0 Å². The second kappa shape index (κ2) is 6.51. The van der Waals surface area contributed by atoms with Gasteiger partial charge >= 0.3 is 0 Å². The van der Waals surface area contributed by atoms with Crippen LogP contribution >= 0.6 is 22.9 Å². The lowest BCUT2D eigenvalue weighted by Crippen LogP contribution is -2.22. The van der Waals surface area contributed by atoms with Gasteiger partial charge < -0.3 is 5.32 Å². The van der Waals surface area contributed by atoms with E-state index in [1.807, 2.05) is 19.1 Å². The minimum atomic E-state index is -0.200. The van der Waals surface area contributed by atoms with Crippen LogP contribution in [0.25, 0.3) is 0 Å². The standard InChI is InChI=1S/C15H17ClFNS/c1-3-18-13(15-14(16)10(2)9-19-15)8-11-4-6-12(17)7-5-11/h4-7,9,13,18H,3,8H2,1-2H3. The number of likely N-dealkylation sites (N-methyl/N-ethyl adjacent to an activating group) is 1. The molecule has 0 saturated heterocycles. The van der Waals surface area contributed by atoms with Gasteiger partial charge in [0.1, 0.15) is 5.82 Å². The van der Waals surface area contributed by atoms with Crippen LogP contribution in [0.5, 0.6) is 0 Å². The number of hydrogen-bond donors (Lipinski definition) is 1. The number of nitrogens with one attached hydrogen (secondary N) is 1. The summed E-state index contributed by atoms with van der Waals surface area (Å²) in [7, 11) is 0. The van der Waals surface area contributed by atoms with E-state index in [1.165, 1.54) is 12.1 Å². The predicted molar refractivity (Wildman–Crippen MR) is 80.6 cm³/mol. The normalized spacial score (nSPS) is 12.6. The van der Waals surface area contributed by atoms with Gasteiger partial charge in [0.25, 0.3) is 0 Å². The Balaban J connectivity index is 2.21. The highest BCUT2D eigenvalue weighted by molar-refractivity contribution is 7.10. The van der Waals surface area contributed by atoms with Gasteiger partial charge in [-0.3, -0.25) is 0 Å². The molecule has 1 atom stereocenters. The summed E-state index contributed by atoms with van der Waals surface area (Å²) in [4.78, 5) is 1.16. The van der Waals surface area contributed by atoms with E-state index in [0.29, 0.717) is 0 Å². The summed E-state index contributed by atoms with van der Waals surface area (Å²) >= 11 is 8.02. The van der Waals surface area contributed by atoms with Gasteiger partial charge in [0.05, 0.1) is 5.02 Å². The first-order valence-corrected chi connectivity index (χ1v) is 7.59. The molecule has 1 unspecified atom stereocenters. The highest BCUT2D eigenvalue weighted by atomic mass is 35.5.